The first-order valence-electron chi connectivity index (χ1n) is 25.1. The highest BCUT2D eigenvalue weighted by Crippen LogP contribution is 2.19. The van der Waals surface area contributed by atoms with E-state index in [1.807, 2.05) is 0 Å². The van der Waals surface area contributed by atoms with Gasteiger partial charge in [0.05, 0.1) is 6.61 Å². The molecule has 0 aliphatic heterocycles. The Balaban J connectivity index is 4.49. The Morgan fingerprint density at radius 2 is 0.897 bits per heavy atom. The van der Waals surface area contributed by atoms with E-state index < -0.39 is 5.60 Å². The van der Waals surface area contributed by atoms with Crippen LogP contribution in [0, 0.1) is 0 Å². The van der Waals surface area contributed by atoms with Crippen molar-refractivity contribution in [2.45, 2.75) is 265 Å². The molecule has 0 aromatic heterocycles. The molecule has 0 fully saturated rings. The number of nitrogens with zero attached hydrogens (tertiary/aromatic N) is 1. The summed E-state index contributed by atoms with van der Waals surface area (Å²) in [5.41, 5.74) is -0.825. The largest absolute Gasteiger partial charge is 0.466 e. The van der Waals surface area contributed by atoms with Crippen molar-refractivity contribution in [1.82, 2.24) is 10.2 Å². The summed E-state index contributed by atoms with van der Waals surface area (Å²) in [6.07, 6.45) is 39.0. The van der Waals surface area contributed by atoms with E-state index in [0.29, 0.717) is 26.0 Å². The lowest BCUT2D eigenvalue weighted by atomic mass is 10.0. The SMILES string of the molecule is CCCCCCCCCCCOC(=O)CCCCCN(CCCCCCCC(=O)OC(CCCCCCCC)CCCCCCCC)CCCNC(=O)C(C)(C)OC. The van der Waals surface area contributed by atoms with Gasteiger partial charge in [-0.1, -0.05) is 162 Å². The lowest BCUT2D eigenvalue weighted by Crippen LogP contribution is -2.44. The van der Waals surface area contributed by atoms with E-state index in [-0.39, 0.29) is 23.9 Å². The minimum Gasteiger partial charge on any atom is -0.466 e. The van der Waals surface area contributed by atoms with Gasteiger partial charge in [0.25, 0.3) is 5.91 Å². The predicted octanol–water partition coefficient (Wildman–Crippen LogP) is 13.6. The second-order valence-electron chi connectivity index (χ2n) is 17.8. The highest BCUT2D eigenvalue weighted by atomic mass is 16.5. The maximum Gasteiger partial charge on any atom is 0.306 e. The predicted molar refractivity (Wildman–Crippen MR) is 245 cm³/mol. The van der Waals surface area contributed by atoms with Crippen LogP contribution in [0.5, 0.6) is 0 Å². The molecule has 0 saturated carbocycles. The fraction of sp³-hybridized carbons (Fsp3) is 0.940. The third kappa shape index (κ3) is 37.3. The molecular weight excluding hydrogens is 725 g/mol. The third-order valence-electron chi connectivity index (χ3n) is 11.8. The van der Waals surface area contributed by atoms with E-state index in [9.17, 15) is 14.4 Å². The summed E-state index contributed by atoms with van der Waals surface area (Å²) in [5.74, 6) is -0.136. The van der Waals surface area contributed by atoms with Crippen LogP contribution < -0.4 is 5.32 Å². The van der Waals surface area contributed by atoms with Crippen molar-refractivity contribution in [3.05, 3.63) is 0 Å². The van der Waals surface area contributed by atoms with Gasteiger partial charge in [-0.15, -0.1) is 0 Å². The molecule has 0 heterocycles. The molecule has 0 bridgehead atoms. The Morgan fingerprint density at radius 1 is 0.500 bits per heavy atom. The van der Waals surface area contributed by atoms with Crippen molar-refractivity contribution in [2.24, 2.45) is 0 Å². The van der Waals surface area contributed by atoms with Crippen LogP contribution in [0.3, 0.4) is 0 Å². The number of carbonyl (C=O) groups is 3. The fourth-order valence-electron chi connectivity index (χ4n) is 7.54. The number of rotatable bonds is 45. The van der Waals surface area contributed by atoms with Crippen LogP contribution in [0.25, 0.3) is 0 Å². The molecule has 0 aliphatic rings. The van der Waals surface area contributed by atoms with Gasteiger partial charge in [0.15, 0.2) is 0 Å². The molecular formula is C50H98N2O6. The van der Waals surface area contributed by atoms with Crippen molar-refractivity contribution >= 4 is 17.8 Å². The van der Waals surface area contributed by atoms with Crippen LogP contribution >= 0.6 is 0 Å². The Hall–Kier alpha value is -1.67. The second kappa shape index (κ2) is 42.0. The summed E-state index contributed by atoms with van der Waals surface area (Å²) in [6, 6.07) is 0. The molecule has 0 saturated heterocycles. The molecule has 0 aliphatic carbocycles. The maximum absolute atomic E-state index is 12.8. The average Bonchev–Trinajstić information content (AvgIpc) is 3.21. The van der Waals surface area contributed by atoms with E-state index in [2.05, 4.69) is 31.0 Å². The standard InChI is InChI=1S/C50H98N2O6/c1-7-10-13-16-19-20-21-27-35-45-57-47(53)39-32-28-34-43-52(44-36-41-51-49(55)50(4,5)56-6)42-33-26-22-25-31-40-48(54)58-46(37-29-23-17-14-11-8-2)38-30-24-18-15-12-9-3/h46H,7-45H2,1-6H3,(H,51,55). The zero-order chi connectivity index (χ0) is 42.8. The van der Waals surface area contributed by atoms with Gasteiger partial charge in [-0.3, -0.25) is 14.4 Å². The van der Waals surface area contributed by atoms with Crippen LogP contribution in [0.2, 0.25) is 0 Å². The van der Waals surface area contributed by atoms with Crippen LogP contribution in [0.4, 0.5) is 0 Å². The summed E-state index contributed by atoms with van der Waals surface area (Å²) < 4.78 is 16.9. The minimum absolute atomic E-state index is 0.00110. The first-order valence-corrected chi connectivity index (χ1v) is 25.1. The zero-order valence-electron chi connectivity index (χ0n) is 39.6. The maximum atomic E-state index is 12.8. The van der Waals surface area contributed by atoms with Gasteiger partial charge < -0.3 is 24.4 Å². The number of amides is 1. The fourth-order valence-corrected chi connectivity index (χ4v) is 7.54. The molecule has 1 amide bonds. The average molecular weight is 823 g/mol. The number of nitrogens with one attached hydrogen (secondary N) is 1. The topological polar surface area (TPSA) is 94.2 Å². The highest BCUT2D eigenvalue weighted by molar-refractivity contribution is 5.84. The van der Waals surface area contributed by atoms with Gasteiger partial charge in [0.1, 0.15) is 11.7 Å². The van der Waals surface area contributed by atoms with Crippen LogP contribution in [0.1, 0.15) is 253 Å². The van der Waals surface area contributed by atoms with Gasteiger partial charge in [0.2, 0.25) is 0 Å². The number of hydrogen-bond donors (Lipinski definition) is 1. The van der Waals surface area contributed by atoms with Crippen molar-refractivity contribution in [1.29, 1.82) is 0 Å². The highest BCUT2D eigenvalue weighted by Gasteiger charge is 2.26. The molecule has 0 rings (SSSR count). The van der Waals surface area contributed by atoms with E-state index in [4.69, 9.17) is 14.2 Å². The zero-order valence-corrected chi connectivity index (χ0v) is 39.6. The van der Waals surface area contributed by atoms with Gasteiger partial charge in [-0.2, -0.15) is 0 Å². The molecule has 0 unspecified atom stereocenters. The molecule has 0 aromatic rings. The monoisotopic (exact) mass is 823 g/mol. The Morgan fingerprint density at radius 3 is 1.40 bits per heavy atom. The number of methoxy groups -OCH3 is 1. The lowest BCUT2D eigenvalue weighted by molar-refractivity contribution is -0.150. The molecule has 0 radical (unpaired) electrons. The molecule has 0 atom stereocenters. The van der Waals surface area contributed by atoms with E-state index in [1.54, 1.807) is 21.0 Å². The molecule has 0 aromatic carbocycles. The van der Waals surface area contributed by atoms with Crippen LogP contribution in [0.15, 0.2) is 0 Å². The summed E-state index contributed by atoms with van der Waals surface area (Å²) in [7, 11) is 1.57. The summed E-state index contributed by atoms with van der Waals surface area (Å²) in [6.45, 7) is 14.5. The molecule has 0 spiro atoms. The Kier molecular flexibility index (Phi) is 40.8. The number of unbranched alkanes of at least 4 members (excludes halogenated alkanes) is 24. The number of hydrogen-bond acceptors (Lipinski definition) is 7. The smallest absolute Gasteiger partial charge is 0.306 e. The van der Waals surface area contributed by atoms with E-state index in [1.165, 1.54) is 122 Å². The second-order valence-corrected chi connectivity index (χ2v) is 17.8. The Bertz CT molecular complexity index is 912. The Labute approximate surface area is 360 Å². The first-order chi connectivity index (χ1) is 28.2. The van der Waals surface area contributed by atoms with Crippen LogP contribution in [-0.2, 0) is 28.6 Å². The van der Waals surface area contributed by atoms with Crippen molar-refractivity contribution in [2.75, 3.05) is 39.9 Å². The van der Waals surface area contributed by atoms with Gasteiger partial charge >= 0.3 is 11.9 Å². The molecule has 8 nitrogen and oxygen atoms in total. The van der Waals surface area contributed by atoms with Gasteiger partial charge in [-0.25, -0.2) is 0 Å². The molecule has 344 valence electrons. The summed E-state index contributed by atoms with van der Waals surface area (Å²) in [4.78, 5) is 40.1. The number of esters is 2. The van der Waals surface area contributed by atoms with Gasteiger partial charge in [0, 0.05) is 26.5 Å². The van der Waals surface area contributed by atoms with Crippen LogP contribution in [-0.4, -0.2) is 74.3 Å². The van der Waals surface area contributed by atoms with E-state index in [0.717, 1.165) is 103 Å². The number of ether oxygens (including phenoxy) is 3. The summed E-state index contributed by atoms with van der Waals surface area (Å²) in [5, 5.41) is 3.03. The third-order valence-corrected chi connectivity index (χ3v) is 11.8. The first kappa shape index (κ1) is 56.3. The van der Waals surface area contributed by atoms with E-state index >= 15 is 0 Å². The van der Waals surface area contributed by atoms with Gasteiger partial charge in [-0.05, 0) is 97.7 Å². The number of carbonyl (C=O) groups excluding carboxylic acids is 3. The molecule has 58 heavy (non-hydrogen) atoms. The quantitative estimate of drug-likeness (QED) is 0.0483. The summed E-state index contributed by atoms with van der Waals surface area (Å²) >= 11 is 0. The minimum atomic E-state index is -0.825. The molecule has 1 N–H and O–H groups in total. The van der Waals surface area contributed by atoms with Crippen molar-refractivity contribution < 1.29 is 28.6 Å². The van der Waals surface area contributed by atoms with Crippen molar-refractivity contribution in [3.63, 3.8) is 0 Å². The molecule has 8 heteroatoms. The lowest BCUT2D eigenvalue weighted by Gasteiger charge is -2.24. The normalized spacial score (nSPS) is 11.8. The van der Waals surface area contributed by atoms with Crippen molar-refractivity contribution in [3.8, 4) is 0 Å².